The molecule has 0 radical (unpaired) electrons. The molecule has 1 unspecified atom stereocenters. The van der Waals surface area contributed by atoms with Crippen molar-refractivity contribution in [3.8, 4) is 22.8 Å². The number of aliphatic hydroxyl groups is 2. The molecule has 0 aliphatic carbocycles. The van der Waals surface area contributed by atoms with Crippen molar-refractivity contribution in [2.24, 2.45) is 0 Å². The third-order valence-corrected chi connectivity index (χ3v) is 3.62. The zero-order valence-corrected chi connectivity index (χ0v) is 13.3. The molecule has 124 valence electrons. The second-order valence-corrected chi connectivity index (χ2v) is 5.58. The molecule has 24 heavy (non-hydrogen) atoms. The molecule has 1 heterocycles. The van der Waals surface area contributed by atoms with Crippen LogP contribution in [0.3, 0.4) is 0 Å². The van der Waals surface area contributed by atoms with E-state index >= 15 is 0 Å². The summed E-state index contributed by atoms with van der Waals surface area (Å²) in [7, 11) is 0. The molecule has 0 bridgehead atoms. The minimum atomic E-state index is -0.780. The van der Waals surface area contributed by atoms with Gasteiger partial charge in [-0.1, -0.05) is 35.0 Å². The number of aromatic nitrogens is 2. The lowest BCUT2D eigenvalue weighted by Crippen LogP contribution is -2.22. The fraction of sp³-hybridized carbons (Fsp3) is 0.222. The molecule has 0 saturated heterocycles. The van der Waals surface area contributed by atoms with Gasteiger partial charge in [0.25, 0.3) is 5.89 Å². The lowest BCUT2D eigenvalue weighted by Gasteiger charge is -2.10. The van der Waals surface area contributed by atoms with Crippen LogP contribution in [0.4, 0.5) is 5.69 Å². The van der Waals surface area contributed by atoms with Crippen molar-refractivity contribution in [2.75, 3.05) is 18.5 Å². The van der Waals surface area contributed by atoms with Crippen molar-refractivity contribution in [1.82, 2.24) is 10.1 Å². The van der Waals surface area contributed by atoms with Crippen molar-refractivity contribution in [3.63, 3.8) is 0 Å². The number of hydrogen-bond acceptors (Lipinski definition) is 6. The molecule has 3 aromatic rings. The number of hydrogen-bond donors (Lipinski definition) is 3. The quantitative estimate of drug-likeness (QED) is 0.645. The summed E-state index contributed by atoms with van der Waals surface area (Å²) in [5.74, 6) is 1.01. The first kappa shape index (κ1) is 16.2. The molecule has 3 rings (SSSR count). The highest BCUT2D eigenvalue weighted by molar-refractivity contribution is 5.62. The van der Waals surface area contributed by atoms with Gasteiger partial charge >= 0.3 is 0 Å². The van der Waals surface area contributed by atoms with Crippen molar-refractivity contribution < 1.29 is 14.7 Å². The molecule has 3 N–H and O–H groups in total. The van der Waals surface area contributed by atoms with Gasteiger partial charge in [-0.25, -0.2) is 0 Å². The fourth-order valence-electron chi connectivity index (χ4n) is 2.19. The largest absolute Gasteiger partial charge is 0.394 e. The molecule has 2 aromatic carbocycles. The van der Waals surface area contributed by atoms with Gasteiger partial charge in [0.15, 0.2) is 0 Å². The average Bonchev–Trinajstić information content (AvgIpc) is 3.11. The summed E-state index contributed by atoms with van der Waals surface area (Å²) in [4.78, 5) is 4.43. The van der Waals surface area contributed by atoms with Crippen LogP contribution in [0, 0.1) is 6.92 Å². The van der Waals surface area contributed by atoms with Gasteiger partial charge in [-0.2, -0.15) is 4.98 Å². The van der Waals surface area contributed by atoms with Crippen LogP contribution in [0.1, 0.15) is 5.56 Å². The maximum Gasteiger partial charge on any atom is 0.258 e. The Morgan fingerprint density at radius 2 is 1.71 bits per heavy atom. The summed E-state index contributed by atoms with van der Waals surface area (Å²) in [6.45, 7) is 2.05. The van der Waals surface area contributed by atoms with Gasteiger partial charge in [-0.15, -0.1) is 0 Å². The minimum Gasteiger partial charge on any atom is -0.394 e. The van der Waals surface area contributed by atoms with E-state index in [-0.39, 0.29) is 13.2 Å². The molecule has 0 fully saturated rings. The third-order valence-electron chi connectivity index (χ3n) is 3.62. The van der Waals surface area contributed by atoms with Gasteiger partial charge in [0, 0.05) is 23.4 Å². The predicted molar refractivity (Wildman–Crippen MR) is 91.5 cm³/mol. The predicted octanol–water partition coefficient (Wildman–Crippen LogP) is 2.48. The number of anilines is 1. The zero-order valence-electron chi connectivity index (χ0n) is 13.3. The van der Waals surface area contributed by atoms with Crippen LogP contribution in [0.15, 0.2) is 53.1 Å². The molecule has 0 aliphatic rings. The van der Waals surface area contributed by atoms with Gasteiger partial charge < -0.3 is 20.1 Å². The molecule has 1 atom stereocenters. The Balaban J connectivity index is 1.72. The number of aliphatic hydroxyl groups excluding tert-OH is 2. The maximum absolute atomic E-state index is 9.33. The van der Waals surface area contributed by atoms with Crippen LogP contribution in [0.25, 0.3) is 22.8 Å². The smallest absolute Gasteiger partial charge is 0.258 e. The number of benzene rings is 2. The summed E-state index contributed by atoms with van der Waals surface area (Å²) in [6.07, 6.45) is -0.780. The van der Waals surface area contributed by atoms with Gasteiger partial charge in [-0.3, -0.25) is 0 Å². The van der Waals surface area contributed by atoms with Crippen LogP contribution in [0.2, 0.25) is 0 Å². The van der Waals surface area contributed by atoms with Crippen molar-refractivity contribution in [2.45, 2.75) is 13.0 Å². The Morgan fingerprint density at radius 3 is 2.38 bits per heavy atom. The molecule has 6 heteroatoms. The molecule has 0 spiro atoms. The number of aryl methyl sites for hydroxylation is 1. The van der Waals surface area contributed by atoms with E-state index < -0.39 is 6.10 Å². The van der Waals surface area contributed by atoms with Gasteiger partial charge in [0.2, 0.25) is 5.82 Å². The maximum atomic E-state index is 9.33. The monoisotopic (exact) mass is 325 g/mol. The van der Waals surface area contributed by atoms with Crippen LogP contribution >= 0.6 is 0 Å². The van der Waals surface area contributed by atoms with Crippen LogP contribution < -0.4 is 5.32 Å². The van der Waals surface area contributed by atoms with E-state index in [9.17, 15) is 5.11 Å². The Labute approximate surface area is 139 Å². The molecule has 1 aromatic heterocycles. The van der Waals surface area contributed by atoms with Crippen LogP contribution in [-0.2, 0) is 0 Å². The normalized spacial score (nSPS) is 12.1. The molecule has 0 amide bonds. The zero-order chi connectivity index (χ0) is 16.9. The van der Waals surface area contributed by atoms with Gasteiger partial charge in [0.1, 0.15) is 0 Å². The molecular weight excluding hydrogens is 306 g/mol. The number of rotatable bonds is 6. The minimum absolute atomic E-state index is 0.269. The van der Waals surface area contributed by atoms with Crippen molar-refractivity contribution in [3.05, 3.63) is 54.1 Å². The second-order valence-electron chi connectivity index (χ2n) is 5.58. The molecular formula is C18H19N3O3. The first-order valence-corrected chi connectivity index (χ1v) is 7.69. The van der Waals surface area contributed by atoms with E-state index in [2.05, 4.69) is 15.5 Å². The van der Waals surface area contributed by atoms with Gasteiger partial charge in [0.05, 0.1) is 12.7 Å². The molecule has 0 aliphatic heterocycles. The van der Waals surface area contributed by atoms with Crippen molar-refractivity contribution >= 4 is 5.69 Å². The molecule has 0 saturated carbocycles. The number of nitrogens with one attached hydrogen (secondary N) is 1. The summed E-state index contributed by atoms with van der Waals surface area (Å²) in [6, 6.07) is 15.4. The van der Waals surface area contributed by atoms with Crippen LogP contribution in [0.5, 0.6) is 0 Å². The van der Waals surface area contributed by atoms with E-state index in [0.29, 0.717) is 11.7 Å². The van der Waals surface area contributed by atoms with E-state index in [4.69, 9.17) is 9.63 Å². The van der Waals surface area contributed by atoms with Crippen LogP contribution in [-0.4, -0.2) is 39.6 Å². The summed E-state index contributed by atoms with van der Waals surface area (Å²) >= 11 is 0. The highest BCUT2D eigenvalue weighted by Gasteiger charge is 2.10. The Kier molecular flexibility index (Phi) is 4.88. The highest BCUT2D eigenvalue weighted by Crippen LogP contribution is 2.23. The third kappa shape index (κ3) is 3.79. The number of nitrogens with zero attached hydrogens (tertiary/aromatic N) is 2. The topological polar surface area (TPSA) is 91.4 Å². The summed E-state index contributed by atoms with van der Waals surface area (Å²) in [5, 5.41) is 25.2. The van der Waals surface area contributed by atoms with E-state index in [0.717, 1.165) is 16.8 Å². The Morgan fingerprint density at radius 1 is 1.04 bits per heavy atom. The van der Waals surface area contributed by atoms with Crippen molar-refractivity contribution in [1.29, 1.82) is 0 Å². The fourth-order valence-corrected chi connectivity index (χ4v) is 2.19. The summed E-state index contributed by atoms with van der Waals surface area (Å²) < 4.78 is 5.34. The van der Waals surface area contributed by atoms with E-state index in [1.54, 1.807) is 0 Å². The molecule has 6 nitrogen and oxygen atoms in total. The van der Waals surface area contributed by atoms with E-state index in [1.807, 2.05) is 55.5 Å². The lowest BCUT2D eigenvalue weighted by atomic mass is 10.1. The SMILES string of the molecule is Cc1ccc(-c2noc(-c3ccc(NCC(O)CO)cc3)n2)cc1. The lowest BCUT2D eigenvalue weighted by molar-refractivity contribution is 0.105. The highest BCUT2D eigenvalue weighted by atomic mass is 16.5. The second kappa shape index (κ2) is 7.25. The Hall–Kier alpha value is -2.70. The average molecular weight is 325 g/mol. The first-order valence-electron chi connectivity index (χ1n) is 7.69. The summed E-state index contributed by atoms with van der Waals surface area (Å²) in [5.41, 5.74) is 3.74. The van der Waals surface area contributed by atoms with Gasteiger partial charge in [-0.05, 0) is 31.2 Å². The Bertz CT molecular complexity index is 782. The standard InChI is InChI=1S/C18H19N3O3/c1-12-2-4-13(5-3-12)17-20-18(24-21-17)14-6-8-15(9-7-14)19-10-16(23)11-22/h2-9,16,19,22-23H,10-11H2,1H3. The van der Waals surface area contributed by atoms with E-state index in [1.165, 1.54) is 5.56 Å². The first-order chi connectivity index (χ1) is 11.7.